The molecule has 1 N–H and O–H groups in total. The predicted molar refractivity (Wildman–Crippen MR) is 99.5 cm³/mol. The third kappa shape index (κ3) is 3.78. The summed E-state index contributed by atoms with van der Waals surface area (Å²) in [4.78, 5) is 26.2. The topological polar surface area (TPSA) is 67.9 Å². The van der Waals surface area contributed by atoms with Gasteiger partial charge in [-0.15, -0.1) is 0 Å². The summed E-state index contributed by atoms with van der Waals surface area (Å²) in [5.74, 6) is -0.461. The van der Waals surface area contributed by atoms with Crippen molar-refractivity contribution in [1.82, 2.24) is 10.2 Å². The van der Waals surface area contributed by atoms with Gasteiger partial charge >= 0.3 is 6.09 Å². The number of likely N-dealkylation sites (tertiary alicyclic amines) is 1. The third-order valence-electron chi connectivity index (χ3n) is 5.22. The van der Waals surface area contributed by atoms with Crippen molar-refractivity contribution in [3.8, 4) is 5.75 Å². The van der Waals surface area contributed by atoms with Crippen LogP contribution in [-0.2, 0) is 11.3 Å². The van der Waals surface area contributed by atoms with Crippen molar-refractivity contribution in [2.45, 2.75) is 25.0 Å². The van der Waals surface area contributed by atoms with Gasteiger partial charge in [-0.1, -0.05) is 30.3 Å². The van der Waals surface area contributed by atoms with Crippen molar-refractivity contribution in [2.24, 2.45) is 0 Å². The van der Waals surface area contributed by atoms with Crippen molar-refractivity contribution < 1.29 is 23.5 Å². The minimum Gasteiger partial charge on any atom is -0.484 e. The van der Waals surface area contributed by atoms with Gasteiger partial charge in [0.1, 0.15) is 23.8 Å². The molecule has 6 nitrogen and oxygen atoms in total. The smallest absolute Gasteiger partial charge is 0.410 e. The first-order valence-electron chi connectivity index (χ1n) is 9.27. The summed E-state index contributed by atoms with van der Waals surface area (Å²) in [5, 5.41) is 2.81. The molecule has 7 heteroatoms. The highest BCUT2D eigenvalue weighted by molar-refractivity contribution is 5.97. The molecule has 28 heavy (non-hydrogen) atoms. The van der Waals surface area contributed by atoms with Crippen LogP contribution in [0.25, 0.3) is 0 Å². The highest BCUT2D eigenvalue weighted by atomic mass is 19.1. The largest absolute Gasteiger partial charge is 0.484 e. The van der Waals surface area contributed by atoms with E-state index < -0.39 is 11.4 Å². The average Bonchev–Trinajstić information content (AvgIpc) is 2.85. The normalized spacial score (nSPS) is 17.9. The fraction of sp³-hybridized carbons (Fsp3) is 0.333. The highest BCUT2D eigenvalue weighted by Gasteiger charge is 2.41. The number of nitrogens with one attached hydrogen (secondary N) is 1. The molecular formula is C21H21FN2O4. The maximum atomic E-state index is 13.5. The standard InChI is InChI=1S/C21H21FN2O4/c22-16-6-7-18-17(12-16)19(25)23-14-21(28-18)8-10-24(11-9-21)20(26)27-13-15-4-2-1-3-5-15/h1-7,12H,8-11,13-14H2,(H,23,25). The number of fused-ring (bicyclic) bond motifs is 1. The lowest BCUT2D eigenvalue weighted by atomic mass is 9.91. The minimum atomic E-state index is -0.616. The summed E-state index contributed by atoms with van der Waals surface area (Å²) in [6, 6.07) is 13.5. The van der Waals surface area contributed by atoms with Gasteiger partial charge in [-0.2, -0.15) is 0 Å². The molecule has 2 aromatic rings. The number of benzene rings is 2. The van der Waals surface area contributed by atoms with Crippen LogP contribution >= 0.6 is 0 Å². The van der Waals surface area contributed by atoms with E-state index in [1.54, 1.807) is 4.90 Å². The Morgan fingerprint density at radius 1 is 1.18 bits per heavy atom. The zero-order valence-corrected chi connectivity index (χ0v) is 15.3. The van der Waals surface area contributed by atoms with Crippen molar-refractivity contribution in [2.75, 3.05) is 19.6 Å². The Labute approximate surface area is 162 Å². The lowest BCUT2D eigenvalue weighted by molar-refractivity contribution is 0.00290. The monoisotopic (exact) mass is 384 g/mol. The maximum absolute atomic E-state index is 13.5. The predicted octanol–water partition coefficient (Wildman–Crippen LogP) is 3.12. The SMILES string of the molecule is O=C1NCC2(CCN(C(=O)OCc3ccccc3)CC2)Oc2ccc(F)cc21. The van der Waals surface area contributed by atoms with E-state index in [2.05, 4.69) is 5.32 Å². The summed E-state index contributed by atoms with van der Waals surface area (Å²) in [6.07, 6.45) is 0.730. The Morgan fingerprint density at radius 2 is 1.93 bits per heavy atom. The second-order valence-electron chi connectivity index (χ2n) is 7.14. The van der Waals surface area contributed by atoms with E-state index in [1.165, 1.54) is 18.2 Å². The number of carbonyl (C=O) groups excluding carboxylic acids is 2. The Morgan fingerprint density at radius 3 is 2.68 bits per heavy atom. The van der Waals surface area contributed by atoms with E-state index in [0.29, 0.717) is 38.2 Å². The number of rotatable bonds is 2. The van der Waals surface area contributed by atoms with E-state index in [-0.39, 0.29) is 24.2 Å². The molecular weight excluding hydrogens is 363 g/mol. The first-order valence-corrected chi connectivity index (χ1v) is 9.27. The van der Waals surface area contributed by atoms with E-state index in [4.69, 9.17) is 9.47 Å². The van der Waals surface area contributed by atoms with Crippen LogP contribution in [-0.4, -0.2) is 42.1 Å². The molecule has 0 saturated carbocycles. The zero-order chi connectivity index (χ0) is 19.6. The van der Waals surface area contributed by atoms with Crippen LogP contribution in [0.5, 0.6) is 5.75 Å². The molecule has 2 aliphatic rings. The Balaban J connectivity index is 1.38. The molecule has 1 spiro atoms. The number of amides is 2. The number of piperidine rings is 1. The lowest BCUT2D eigenvalue weighted by Gasteiger charge is -2.40. The second-order valence-corrected chi connectivity index (χ2v) is 7.14. The van der Waals surface area contributed by atoms with E-state index in [1.807, 2.05) is 30.3 Å². The fourth-order valence-corrected chi connectivity index (χ4v) is 3.56. The fourth-order valence-electron chi connectivity index (χ4n) is 3.56. The van der Waals surface area contributed by atoms with Gasteiger partial charge in [-0.05, 0) is 23.8 Å². The molecule has 4 rings (SSSR count). The van der Waals surface area contributed by atoms with E-state index in [9.17, 15) is 14.0 Å². The molecule has 2 aromatic carbocycles. The molecule has 2 aliphatic heterocycles. The number of ether oxygens (including phenoxy) is 2. The van der Waals surface area contributed by atoms with Crippen molar-refractivity contribution >= 4 is 12.0 Å². The van der Waals surface area contributed by atoms with Gasteiger partial charge < -0.3 is 19.7 Å². The Kier molecular flexibility index (Phi) is 4.90. The highest BCUT2D eigenvalue weighted by Crippen LogP contribution is 2.33. The molecule has 0 bridgehead atoms. The summed E-state index contributed by atoms with van der Waals surface area (Å²) in [7, 11) is 0. The van der Waals surface area contributed by atoms with Crippen LogP contribution in [0.2, 0.25) is 0 Å². The first-order chi connectivity index (χ1) is 13.5. The Bertz CT molecular complexity index is 879. The van der Waals surface area contributed by atoms with Gasteiger partial charge in [0, 0.05) is 25.9 Å². The third-order valence-corrected chi connectivity index (χ3v) is 5.22. The van der Waals surface area contributed by atoms with Gasteiger partial charge in [0.2, 0.25) is 0 Å². The number of hydrogen-bond donors (Lipinski definition) is 1. The molecule has 0 aromatic heterocycles. The van der Waals surface area contributed by atoms with Gasteiger partial charge in [-0.25, -0.2) is 9.18 Å². The summed E-state index contributed by atoms with van der Waals surface area (Å²) < 4.78 is 25.0. The lowest BCUT2D eigenvalue weighted by Crippen LogP contribution is -2.54. The summed E-state index contributed by atoms with van der Waals surface area (Å²) in [6.45, 7) is 1.46. The van der Waals surface area contributed by atoms with Gasteiger partial charge in [0.25, 0.3) is 5.91 Å². The molecule has 0 unspecified atom stereocenters. The Hall–Kier alpha value is -3.09. The minimum absolute atomic E-state index is 0.196. The zero-order valence-electron chi connectivity index (χ0n) is 15.3. The van der Waals surface area contributed by atoms with Crippen LogP contribution in [0, 0.1) is 5.82 Å². The van der Waals surface area contributed by atoms with Crippen LogP contribution in [0.1, 0.15) is 28.8 Å². The van der Waals surface area contributed by atoms with Gasteiger partial charge in [0.15, 0.2) is 0 Å². The molecule has 2 amide bonds. The number of carbonyl (C=O) groups is 2. The quantitative estimate of drug-likeness (QED) is 0.864. The van der Waals surface area contributed by atoms with Crippen molar-refractivity contribution in [1.29, 1.82) is 0 Å². The van der Waals surface area contributed by atoms with Crippen LogP contribution in [0.3, 0.4) is 0 Å². The summed E-state index contributed by atoms with van der Waals surface area (Å²) in [5.41, 5.74) is 0.513. The van der Waals surface area contributed by atoms with Gasteiger partial charge in [-0.3, -0.25) is 4.79 Å². The van der Waals surface area contributed by atoms with E-state index >= 15 is 0 Å². The van der Waals surface area contributed by atoms with Crippen molar-refractivity contribution in [3.63, 3.8) is 0 Å². The van der Waals surface area contributed by atoms with Crippen molar-refractivity contribution in [3.05, 3.63) is 65.5 Å². The first kappa shape index (κ1) is 18.3. The summed E-state index contributed by atoms with van der Waals surface area (Å²) >= 11 is 0. The molecule has 0 aliphatic carbocycles. The maximum Gasteiger partial charge on any atom is 0.410 e. The number of nitrogens with zero attached hydrogens (tertiary/aromatic N) is 1. The van der Waals surface area contributed by atoms with Crippen LogP contribution < -0.4 is 10.1 Å². The second kappa shape index (κ2) is 7.50. The average molecular weight is 384 g/mol. The number of hydrogen-bond acceptors (Lipinski definition) is 4. The molecule has 1 fully saturated rings. The molecule has 2 heterocycles. The molecule has 0 atom stereocenters. The van der Waals surface area contributed by atoms with E-state index in [0.717, 1.165) is 5.56 Å². The van der Waals surface area contributed by atoms with Crippen LogP contribution in [0.4, 0.5) is 9.18 Å². The molecule has 0 radical (unpaired) electrons. The number of halogens is 1. The molecule has 146 valence electrons. The molecule has 1 saturated heterocycles. The van der Waals surface area contributed by atoms with Gasteiger partial charge in [0.05, 0.1) is 12.1 Å². The van der Waals surface area contributed by atoms with Crippen LogP contribution in [0.15, 0.2) is 48.5 Å².